The zero-order valence-corrected chi connectivity index (χ0v) is 9.48. The summed E-state index contributed by atoms with van der Waals surface area (Å²) >= 11 is 0. The number of hydrogen-bond acceptors (Lipinski definition) is 3. The number of pyridine rings is 1. The first-order chi connectivity index (χ1) is 8.60. The van der Waals surface area contributed by atoms with Crippen LogP contribution < -0.4 is 0 Å². The fourth-order valence-electron chi connectivity index (χ4n) is 1.53. The Kier molecular flexibility index (Phi) is 3.32. The number of rotatable bonds is 2. The molecule has 0 atom stereocenters. The number of nitrogens with zero attached hydrogens (tertiary/aromatic N) is 1. The van der Waals surface area contributed by atoms with Crippen molar-refractivity contribution in [3.63, 3.8) is 0 Å². The van der Waals surface area contributed by atoms with Crippen molar-refractivity contribution < 1.29 is 18.3 Å². The molecule has 0 aliphatic carbocycles. The molecule has 0 aliphatic rings. The third kappa shape index (κ3) is 2.51. The molecule has 1 aromatic carbocycles. The predicted molar refractivity (Wildman–Crippen MR) is 60.9 cm³/mol. The first-order valence-corrected chi connectivity index (χ1v) is 5.11. The topological polar surface area (TPSA) is 39.2 Å². The SMILES string of the molecule is COC(=O)c1ccnc(-c2cc(F)cc(F)c2)c1. The maximum atomic E-state index is 13.1. The van der Waals surface area contributed by atoms with E-state index in [-0.39, 0.29) is 11.1 Å². The molecule has 2 rings (SSSR count). The molecule has 2 aromatic rings. The van der Waals surface area contributed by atoms with E-state index in [1.54, 1.807) is 0 Å². The van der Waals surface area contributed by atoms with Crippen molar-refractivity contribution in [1.29, 1.82) is 0 Å². The molecule has 0 saturated heterocycles. The summed E-state index contributed by atoms with van der Waals surface area (Å²) in [5.41, 5.74) is 0.835. The maximum absolute atomic E-state index is 13.1. The molecule has 0 spiro atoms. The van der Waals surface area contributed by atoms with Crippen LogP contribution in [0.25, 0.3) is 11.3 Å². The van der Waals surface area contributed by atoms with Crippen LogP contribution in [0.1, 0.15) is 10.4 Å². The van der Waals surface area contributed by atoms with E-state index in [0.29, 0.717) is 5.69 Å². The van der Waals surface area contributed by atoms with E-state index in [9.17, 15) is 13.6 Å². The van der Waals surface area contributed by atoms with Gasteiger partial charge in [0.15, 0.2) is 0 Å². The summed E-state index contributed by atoms with van der Waals surface area (Å²) in [5, 5.41) is 0. The standard InChI is InChI=1S/C13H9F2NO2/c1-18-13(17)8-2-3-16-12(6-8)9-4-10(14)7-11(15)5-9/h2-7H,1H3. The van der Waals surface area contributed by atoms with Gasteiger partial charge >= 0.3 is 5.97 Å². The smallest absolute Gasteiger partial charge is 0.337 e. The molecule has 0 unspecified atom stereocenters. The minimum Gasteiger partial charge on any atom is -0.465 e. The van der Waals surface area contributed by atoms with Crippen LogP contribution in [0.4, 0.5) is 8.78 Å². The van der Waals surface area contributed by atoms with Gasteiger partial charge in [0.2, 0.25) is 0 Å². The summed E-state index contributed by atoms with van der Waals surface area (Å²) in [7, 11) is 1.25. The number of esters is 1. The number of aromatic nitrogens is 1. The Morgan fingerprint density at radius 3 is 2.44 bits per heavy atom. The quantitative estimate of drug-likeness (QED) is 0.768. The number of carbonyl (C=O) groups is 1. The van der Waals surface area contributed by atoms with Crippen LogP contribution in [-0.2, 0) is 4.74 Å². The molecule has 0 bridgehead atoms. The highest BCUT2D eigenvalue weighted by Crippen LogP contribution is 2.20. The molecule has 0 radical (unpaired) electrons. The first-order valence-electron chi connectivity index (χ1n) is 5.11. The Labute approximate surface area is 102 Å². The average molecular weight is 249 g/mol. The van der Waals surface area contributed by atoms with Crippen LogP contribution in [0.15, 0.2) is 36.5 Å². The van der Waals surface area contributed by atoms with E-state index >= 15 is 0 Å². The zero-order chi connectivity index (χ0) is 13.1. The molecule has 0 saturated carbocycles. The van der Waals surface area contributed by atoms with Crippen LogP contribution in [0.2, 0.25) is 0 Å². The maximum Gasteiger partial charge on any atom is 0.337 e. The summed E-state index contributed by atoms with van der Waals surface area (Å²) in [6, 6.07) is 5.94. The van der Waals surface area contributed by atoms with E-state index in [2.05, 4.69) is 9.72 Å². The van der Waals surface area contributed by atoms with Crippen LogP contribution in [-0.4, -0.2) is 18.1 Å². The van der Waals surface area contributed by atoms with Crippen molar-refractivity contribution in [2.75, 3.05) is 7.11 Å². The second-order valence-electron chi connectivity index (χ2n) is 3.58. The van der Waals surface area contributed by atoms with Crippen LogP contribution in [0, 0.1) is 11.6 Å². The van der Waals surface area contributed by atoms with E-state index in [1.807, 2.05) is 0 Å². The molecule has 0 fully saturated rings. The molecule has 5 heteroatoms. The molecule has 0 N–H and O–H groups in total. The summed E-state index contributed by atoms with van der Waals surface area (Å²) in [4.78, 5) is 15.3. The molecule has 1 aromatic heterocycles. The predicted octanol–water partition coefficient (Wildman–Crippen LogP) is 2.81. The molecule has 0 amide bonds. The number of ether oxygens (including phenoxy) is 1. The van der Waals surface area contributed by atoms with Gasteiger partial charge in [-0.05, 0) is 24.3 Å². The average Bonchev–Trinajstić information content (AvgIpc) is 2.37. The zero-order valence-electron chi connectivity index (χ0n) is 9.48. The molecule has 18 heavy (non-hydrogen) atoms. The van der Waals surface area contributed by atoms with Gasteiger partial charge < -0.3 is 4.74 Å². The van der Waals surface area contributed by atoms with Crippen molar-refractivity contribution in [1.82, 2.24) is 4.98 Å². The highest BCUT2D eigenvalue weighted by molar-refractivity contribution is 5.90. The summed E-state index contributed by atoms with van der Waals surface area (Å²) in [6.07, 6.45) is 1.38. The van der Waals surface area contributed by atoms with Gasteiger partial charge in [-0.1, -0.05) is 0 Å². The lowest BCUT2D eigenvalue weighted by atomic mass is 10.1. The Hall–Kier alpha value is -2.30. The van der Waals surface area contributed by atoms with Gasteiger partial charge in [0.05, 0.1) is 18.4 Å². The fourth-order valence-corrected chi connectivity index (χ4v) is 1.53. The van der Waals surface area contributed by atoms with Crippen LogP contribution in [0.5, 0.6) is 0 Å². The normalized spacial score (nSPS) is 10.2. The minimum atomic E-state index is -0.699. The summed E-state index contributed by atoms with van der Waals surface area (Å²) < 4.78 is 30.7. The molecule has 3 nitrogen and oxygen atoms in total. The summed E-state index contributed by atoms with van der Waals surface area (Å²) in [6.45, 7) is 0. The largest absolute Gasteiger partial charge is 0.465 e. The lowest BCUT2D eigenvalue weighted by Gasteiger charge is -2.04. The number of halogens is 2. The minimum absolute atomic E-state index is 0.262. The van der Waals surface area contributed by atoms with Gasteiger partial charge in [0.1, 0.15) is 11.6 Å². The van der Waals surface area contributed by atoms with Crippen molar-refractivity contribution in [3.8, 4) is 11.3 Å². The number of benzene rings is 1. The van der Waals surface area contributed by atoms with Crippen molar-refractivity contribution >= 4 is 5.97 Å². The van der Waals surface area contributed by atoms with E-state index in [4.69, 9.17) is 0 Å². The summed E-state index contributed by atoms with van der Waals surface area (Å²) in [5.74, 6) is -1.93. The third-order valence-corrected chi connectivity index (χ3v) is 2.34. The number of carbonyl (C=O) groups excluding carboxylic acids is 1. The van der Waals surface area contributed by atoms with Gasteiger partial charge in [-0.2, -0.15) is 0 Å². The Morgan fingerprint density at radius 2 is 1.83 bits per heavy atom. The van der Waals surface area contributed by atoms with Gasteiger partial charge in [0, 0.05) is 17.8 Å². The molecule has 92 valence electrons. The fraction of sp³-hybridized carbons (Fsp3) is 0.0769. The van der Waals surface area contributed by atoms with Crippen LogP contribution >= 0.6 is 0 Å². The first kappa shape index (κ1) is 12.2. The number of hydrogen-bond donors (Lipinski definition) is 0. The van der Waals surface area contributed by atoms with Crippen molar-refractivity contribution in [2.45, 2.75) is 0 Å². The highest BCUT2D eigenvalue weighted by Gasteiger charge is 2.09. The van der Waals surface area contributed by atoms with Crippen LogP contribution in [0.3, 0.4) is 0 Å². The van der Waals surface area contributed by atoms with Gasteiger partial charge in [-0.25, -0.2) is 13.6 Å². The van der Waals surface area contributed by atoms with Crippen molar-refractivity contribution in [2.24, 2.45) is 0 Å². The Balaban J connectivity index is 2.47. The molecule has 1 heterocycles. The van der Waals surface area contributed by atoms with E-state index in [0.717, 1.165) is 18.2 Å². The second-order valence-corrected chi connectivity index (χ2v) is 3.58. The highest BCUT2D eigenvalue weighted by atomic mass is 19.1. The Bertz CT molecular complexity index is 579. The Morgan fingerprint density at radius 1 is 1.17 bits per heavy atom. The lowest BCUT2D eigenvalue weighted by Crippen LogP contribution is -2.01. The third-order valence-electron chi connectivity index (χ3n) is 2.34. The van der Waals surface area contributed by atoms with Crippen molar-refractivity contribution in [3.05, 3.63) is 53.7 Å². The molecule has 0 aliphatic heterocycles. The number of methoxy groups -OCH3 is 1. The molecular formula is C13H9F2NO2. The van der Waals surface area contributed by atoms with E-state index < -0.39 is 17.6 Å². The monoisotopic (exact) mass is 249 g/mol. The van der Waals surface area contributed by atoms with Gasteiger partial charge in [0.25, 0.3) is 0 Å². The van der Waals surface area contributed by atoms with Gasteiger partial charge in [-0.3, -0.25) is 4.98 Å². The molecular weight excluding hydrogens is 240 g/mol. The van der Waals surface area contributed by atoms with Gasteiger partial charge in [-0.15, -0.1) is 0 Å². The van der Waals surface area contributed by atoms with E-state index in [1.165, 1.54) is 25.4 Å². The lowest BCUT2D eigenvalue weighted by molar-refractivity contribution is 0.0600. The second kappa shape index (κ2) is 4.91.